The van der Waals surface area contributed by atoms with Gasteiger partial charge in [-0.1, -0.05) is 43.1 Å². The smallest absolute Gasteiger partial charge is 0.238 e. The quantitative estimate of drug-likeness (QED) is 0.643. The molecule has 3 N–H and O–H groups in total. The van der Waals surface area contributed by atoms with Gasteiger partial charge in [0.1, 0.15) is 6.42 Å². The summed E-state index contributed by atoms with van der Waals surface area (Å²) in [6.07, 6.45) is 1.89. The van der Waals surface area contributed by atoms with E-state index in [2.05, 4.69) is 10.3 Å². The zero-order chi connectivity index (χ0) is 23.2. The molecular weight excluding hydrogens is 451 g/mol. The Bertz CT molecular complexity index is 1180. The standard InChI is InChI=1S/C23H22Cl2N4O3/c1-23(2)10-16-20(17(30)11-23)21(13-6-5-12(24)8-14(13)25)29(19(32)9-18(26)31)22-15(28-16)4-3-7-27-22/h3-8,21,28H,9-11H2,1-2H3,(H2,26,31). The Kier molecular flexibility index (Phi) is 5.73. The SMILES string of the molecule is CC1(C)CC(=O)C2=C(C1)Nc1cccnc1N(C(=O)CC(N)=O)C2c1ccc(Cl)cc1Cl. The summed E-state index contributed by atoms with van der Waals surface area (Å²) in [5, 5.41) is 4.05. The maximum atomic E-state index is 13.5. The normalized spacial score (nSPS) is 19.6. The summed E-state index contributed by atoms with van der Waals surface area (Å²) in [5.74, 6) is -1.18. The van der Waals surface area contributed by atoms with Gasteiger partial charge >= 0.3 is 0 Å². The number of nitrogens with two attached hydrogens (primary N) is 1. The van der Waals surface area contributed by atoms with Gasteiger partial charge in [0, 0.05) is 33.9 Å². The number of anilines is 2. The molecule has 9 heteroatoms. The number of aromatic nitrogens is 1. The maximum Gasteiger partial charge on any atom is 0.238 e. The van der Waals surface area contributed by atoms with Crippen LogP contribution in [0.2, 0.25) is 10.0 Å². The van der Waals surface area contributed by atoms with Crippen molar-refractivity contribution in [2.75, 3.05) is 10.2 Å². The van der Waals surface area contributed by atoms with Crippen molar-refractivity contribution in [3.8, 4) is 0 Å². The lowest BCUT2D eigenvalue weighted by molar-refractivity contribution is -0.126. The highest BCUT2D eigenvalue weighted by atomic mass is 35.5. The summed E-state index contributed by atoms with van der Waals surface area (Å²) < 4.78 is 0. The van der Waals surface area contributed by atoms with Crippen LogP contribution in [0.15, 0.2) is 47.8 Å². The molecule has 166 valence electrons. The third-order valence-corrected chi connectivity index (χ3v) is 6.17. The molecule has 0 saturated carbocycles. The molecule has 0 fully saturated rings. The molecule has 1 aromatic heterocycles. The van der Waals surface area contributed by atoms with E-state index in [1.807, 2.05) is 13.8 Å². The van der Waals surface area contributed by atoms with E-state index < -0.39 is 24.3 Å². The molecule has 1 aliphatic carbocycles. The largest absolute Gasteiger partial charge is 0.369 e. The Morgan fingerprint density at radius 2 is 2.00 bits per heavy atom. The predicted octanol–water partition coefficient (Wildman–Crippen LogP) is 4.41. The molecule has 0 spiro atoms. The monoisotopic (exact) mass is 472 g/mol. The molecule has 7 nitrogen and oxygen atoms in total. The number of nitrogens with one attached hydrogen (secondary N) is 1. The second-order valence-electron chi connectivity index (χ2n) is 8.81. The number of carbonyl (C=O) groups is 3. The number of pyridine rings is 1. The number of fused-ring (bicyclic) bond motifs is 1. The first-order valence-corrected chi connectivity index (χ1v) is 10.9. The van der Waals surface area contributed by atoms with Crippen LogP contribution in [-0.4, -0.2) is 22.6 Å². The minimum absolute atomic E-state index is 0.107. The number of rotatable bonds is 3. The van der Waals surface area contributed by atoms with E-state index >= 15 is 0 Å². The van der Waals surface area contributed by atoms with Crippen molar-refractivity contribution in [3.05, 3.63) is 63.4 Å². The maximum absolute atomic E-state index is 13.5. The van der Waals surface area contributed by atoms with Crippen LogP contribution in [0.1, 0.15) is 44.7 Å². The van der Waals surface area contributed by atoms with Crippen LogP contribution >= 0.6 is 23.2 Å². The number of halogens is 2. The Hall–Kier alpha value is -2.90. The zero-order valence-corrected chi connectivity index (χ0v) is 19.1. The molecule has 0 saturated heterocycles. The second kappa shape index (κ2) is 8.22. The van der Waals surface area contributed by atoms with E-state index in [1.165, 1.54) is 4.90 Å². The highest BCUT2D eigenvalue weighted by Gasteiger charge is 2.44. The Morgan fingerprint density at radius 3 is 2.69 bits per heavy atom. The summed E-state index contributed by atoms with van der Waals surface area (Å²) in [6, 6.07) is 7.50. The number of ketones is 1. The third kappa shape index (κ3) is 4.10. The molecule has 4 rings (SSSR count). The second-order valence-corrected chi connectivity index (χ2v) is 9.65. The molecule has 2 aliphatic rings. The Morgan fingerprint density at radius 1 is 1.25 bits per heavy atom. The van der Waals surface area contributed by atoms with Crippen LogP contribution in [0.5, 0.6) is 0 Å². The molecule has 0 radical (unpaired) electrons. The van der Waals surface area contributed by atoms with Gasteiger partial charge in [0.2, 0.25) is 11.8 Å². The van der Waals surface area contributed by atoms with Crippen molar-refractivity contribution >= 4 is 52.3 Å². The number of nitrogens with zero attached hydrogens (tertiary/aromatic N) is 2. The lowest BCUT2D eigenvalue weighted by atomic mass is 9.73. The van der Waals surface area contributed by atoms with E-state index in [0.717, 1.165) is 0 Å². The minimum Gasteiger partial charge on any atom is -0.369 e. The first-order valence-electron chi connectivity index (χ1n) is 10.1. The van der Waals surface area contributed by atoms with Gasteiger partial charge in [-0.25, -0.2) is 4.98 Å². The van der Waals surface area contributed by atoms with Crippen molar-refractivity contribution in [2.45, 2.75) is 39.2 Å². The summed E-state index contributed by atoms with van der Waals surface area (Å²) in [6.45, 7) is 4.04. The molecular formula is C23H22Cl2N4O3. The van der Waals surface area contributed by atoms with Crippen molar-refractivity contribution < 1.29 is 14.4 Å². The molecule has 1 aromatic carbocycles. The van der Waals surface area contributed by atoms with Crippen molar-refractivity contribution in [2.24, 2.45) is 11.1 Å². The highest BCUT2D eigenvalue weighted by molar-refractivity contribution is 6.35. The van der Waals surface area contributed by atoms with Crippen molar-refractivity contribution in [1.82, 2.24) is 4.98 Å². The van der Waals surface area contributed by atoms with E-state index in [0.29, 0.717) is 45.4 Å². The van der Waals surface area contributed by atoms with E-state index in [4.69, 9.17) is 28.9 Å². The number of carbonyl (C=O) groups excluding carboxylic acids is 3. The number of benzene rings is 1. The van der Waals surface area contributed by atoms with Crippen molar-refractivity contribution in [1.29, 1.82) is 0 Å². The lowest BCUT2D eigenvalue weighted by Crippen LogP contribution is -2.41. The van der Waals surface area contributed by atoms with Crippen LogP contribution in [0, 0.1) is 5.41 Å². The van der Waals surface area contributed by atoms with Gasteiger partial charge in [-0.3, -0.25) is 19.3 Å². The molecule has 32 heavy (non-hydrogen) atoms. The highest BCUT2D eigenvalue weighted by Crippen LogP contribution is 2.49. The van der Waals surface area contributed by atoms with Gasteiger partial charge in [0.05, 0.1) is 11.7 Å². The van der Waals surface area contributed by atoms with Crippen LogP contribution in [0.4, 0.5) is 11.5 Å². The molecule has 0 bridgehead atoms. The fourth-order valence-electron chi connectivity index (χ4n) is 4.38. The Labute approximate surface area is 195 Å². The van der Waals surface area contributed by atoms with Crippen LogP contribution in [0.3, 0.4) is 0 Å². The minimum atomic E-state index is -0.895. The fourth-order valence-corrected chi connectivity index (χ4v) is 4.89. The van der Waals surface area contributed by atoms with Gasteiger partial charge in [-0.15, -0.1) is 0 Å². The number of allylic oxidation sites excluding steroid dienone is 1. The molecule has 2 aromatic rings. The van der Waals surface area contributed by atoms with Crippen molar-refractivity contribution in [3.63, 3.8) is 0 Å². The number of primary amides is 1. The summed E-state index contributed by atoms with van der Waals surface area (Å²) in [4.78, 5) is 44.2. The topological polar surface area (TPSA) is 105 Å². The molecule has 2 heterocycles. The summed E-state index contributed by atoms with van der Waals surface area (Å²) in [7, 11) is 0. The van der Waals surface area contributed by atoms with Gasteiger partial charge in [0.15, 0.2) is 11.6 Å². The average Bonchev–Trinajstić information content (AvgIpc) is 2.80. The number of hydrogen-bond acceptors (Lipinski definition) is 5. The Balaban J connectivity index is 2.03. The predicted molar refractivity (Wildman–Crippen MR) is 123 cm³/mol. The summed E-state index contributed by atoms with van der Waals surface area (Å²) in [5.41, 5.74) is 7.25. The van der Waals surface area contributed by atoms with Crippen LogP contribution in [0.25, 0.3) is 0 Å². The van der Waals surface area contributed by atoms with E-state index in [1.54, 1.807) is 36.5 Å². The van der Waals surface area contributed by atoms with Crippen LogP contribution in [-0.2, 0) is 14.4 Å². The van der Waals surface area contributed by atoms with Gasteiger partial charge < -0.3 is 11.1 Å². The number of amides is 2. The van der Waals surface area contributed by atoms with Gasteiger partial charge in [-0.05, 0) is 41.7 Å². The first kappa shape index (κ1) is 22.3. The first-order chi connectivity index (χ1) is 15.1. The molecule has 2 amide bonds. The lowest BCUT2D eigenvalue weighted by Gasteiger charge is -2.37. The number of hydrogen-bond donors (Lipinski definition) is 2. The third-order valence-electron chi connectivity index (χ3n) is 5.60. The average molecular weight is 473 g/mol. The van der Waals surface area contributed by atoms with E-state index in [9.17, 15) is 14.4 Å². The molecule has 1 aliphatic heterocycles. The van der Waals surface area contributed by atoms with Gasteiger partial charge in [0.25, 0.3) is 0 Å². The fraction of sp³-hybridized carbons (Fsp3) is 0.304. The molecule has 1 unspecified atom stereocenters. The van der Waals surface area contributed by atoms with E-state index in [-0.39, 0.29) is 17.0 Å². The number of Topliss-reactive ketones (excluding diaryl/α,β-unsaturated/α-hetero) is 1. The zero-order valence-electron chi connectivity index (χ0n) is 17.6. The molecule has 1 atom stereocenters. The van der Waals surface area contributed by atoms with Gasteiger partial charge in [-0.2, -0.15) is 0 Å². The van der Waals surface area contributed by atoms with Crippen LogP contribution < -0.4 is 16.0 Å². The summed E-state index contributed by atoms with van der Waals surface area (Å²) >= 11 is 12.7.